The molecule has 3 aromatic heterocycles. The molecule has 0 radical (unpaired) electrons. The van der Waals surface area contributed by atoms with Crippen LogP contribution in [0.3, 0.4) is 0 Å². The molecule has 0 amide bonds. The van der Waals surface area contributed by atoms with Gasteiger partial charge in [0.25, 0.3) is 5.56 Å². The third-order valence-electron chi connectivity index (χ3n) is 5.90. The van der Waals surface area contributed by atoms with Crippen LogP contribution >= 0.6 is 12.6 Å². The molecule has 0 aliphatic heterocycles. The van der Waals surface area contributed by atoms with Crippen LogP contribution in [-0.2, 0) is 0 Å². The molecule has 9 heteroatoms. The van der Waals surface area contributed by atoms with Crippen LogP contribution in [0.5, 0.6) is 0 Å². The lowest BCUT2D eigenvalue weighted by molar-refractivity contribution is 0.515. The maximum Gasteiger partial charge on any atom is 0.252 e. The molecule has 1 unspecified atom stereocenters. The summed E-state index contributed by atoms with van der Waals surface area (Å²) in [5.41, 5.74) is 4.33. The van der Waals surface area contributed by atoms with E-state index in [4.69, 9.17) is 4.98 Å². The first-order valence-corrected chi connectivity index (χ1v) is 10.9. The Balaban J connectivity index is 1.45. The van der Waals surface area contributed by atoms with Crippen molar-refractivity contribution in [2.24, 2.45) is 0 Å². The number of aryl methyl sites for hydroxylation is 1. The highest BCUT2D eigenvalue weighted by Crippen LogP contribution is 2.31. The molecule has 1 aliphatic carbocycles. The average molecular weight is 434 g/mol. The number of pyridine rings is 1. The molecule has 158 valence electrons. The van der Waals surface area contributed by atoms with E-state index >= 15 is 0 Å². The van der Waals surface area contributed by atoms with Crippen LogP contribution in [0.4, 0.5) is 11.6 Å². The number of hydrogen-bond acceptors (Lipinski definition) is 7. The molecule has 5 rings (SSSR count). The van der Waals surface area contributed by atoms with Crippen LogP contribution in [0, 0.1) is 6.92 Å². The van der Waals surface area contributed by atoms with Gasteiger partial charge in [0, 0.05) is 29.4 Å². The zero-order valence-electron chi connectivity index (χ0n) is 17.1. The Morgan fingerprint density at radius 1 is 1.19 bits per heavy atom. The summed E-state index contributed by atoms with van der Waals surface area (Å²) in [6.07, 6.45) is 7.80. The normalized spacial score (nSPS) is 15.4. The SMILES string of the molecule is Cc1cc(=O)n(C2CCCC2)c2nc(Nc3ccc(C(S)c4cnn[nH]4)cc3)ncc12. The number of rotatable bonds is 5. The number of benzene rings is 1. The minimum Gasteiger partial charge on any atom is -0.324 e. The fourth-order valence-corrected chi connectivity index (χ4v) is 4.54. The quantitative estimate of drug-likeness (QED) is 0.410. The van der Waals surface area contributed by atoms with Gasteiger partial charge in [0.1, 0.15) is 5.65 Å². The Morgan fingerprint density at radius 3 is 2.68 bits per heavy atom. The molecule has 8 nitrogen and oxygen atoms in total. The Bertz CT molecular complexity index is 1260. The highest BCUT2D eigenvalue weighted by Gasteiger charge is 2.21. The molecule has 31 heavy (non-hydrogen) atoms. The maximum absolute atomic E-state index is 12.8. The largest absolute Gasteiger partial charge is 0.324 e. The van der Waals surface area contributed by atoms with Crippen LogP contribution in [0.1, 0.15) is 53.8 Å². The van der Waals surface area contributed by atoms with E-state index in [0.717, 1.165) is 53.6 Å². The first-order valence-electron chi connectivity index (χ1n) is 10.4. The predicted molar refractivity (Wildman–Crippen MR) is 123 cm³/mol. The van der Waals surface area contributed by atoms with Crippen molar-refractivity contribution < 1.29 is 0 Å². The van der Waals surface area contributed by atoms with Crippen molar-refractivity contribution >= 4 is 35.3 Å². The van der Waals surface area contributed by atoms with Crippen LogP contribution < -0.4 is 10.9 Å². The Labute approximate surface area is 184 Å². The number of nitrogens with one attached hydrogen (secondary N) is 2. The Hall–Kier alpha value is -3.20. The Kier molecular flexibility index (Phi) is 5.19. The topological polar surface area (TPSA) is 101 Å². The average Bonchev–Trinajstić information content (AvgIpc) is 3.48. The number of aromatic amines is 1. The smallest absolute Gasteiger partial charge is 0.252 e. The minimum atomic E-state index is -0.134. The highest BCUT2D eigenvalue weighted by atomic mass is 32.1. The molecule has 1 atom stereocenters. The second-order valence-electron chi connectivity index (χ2n) is 7.97. The van der Waals surface area contributed by atoms with Gasteiger partial charge < -0.3 is 5.32 Å². The summed E-state index contributed by atoms with van der Waals surface area (Å²) in [5, 5.41) is 14.4. The van der Waals surface area contributed by atoms with E-state index in [0.29, 0.717) is 11.6 Å². The lowest BCUT2D eigenvalue weighted by atomic mass is 10.1. The molecular formula is C22H23N7OS. The van der Waals surface area contributed by atoms with Gasteiger partial charge in [-0.05, 0) is 43.0 Å². The number of anilines is 2. The number of nitrogens with zero attached hydrogens (tertiary/aromatic N) is 5. The van der Waals surface area contributed by atoms with Crippen LogP contribution in [0.15, 0.2) is 47.5 Å². The van der Waals surface area contributed by atoms with Gasteiger partial charge in [-0.15, -0.1) is 5.10 Å². The van der Waals surface area contributed by atoms with Crippen molar-refractivity contribution in [3.8, 4) is 0 Å². The van der Waals surface area contributed by atoms with E-state index in [1.165, 1.54) is 0 Å². The van der Waals surface area contributed by atoms with Crippen molar-refractivity contribution in [1.82, 2.24) is 29.9 Å². The molecular weight excluding hydrogens is 410 g/mol. The monoisotopic (exact) mass is 433 g/mol. The second kappa shape index (κ2) is 8.14. The summed E-state index contributed by atoms with van der Waals surface area (Å²) in [7, 11) is 0. The van der Waals surface area contributed by atoms with E-state index < -0.39 is 0 Å². The van der Waals surface area contributed by atoms with Gasteiger partial charge >= 0.3 is 0 Å². The highest BCUT2D eigenvalue weighted by molar-refractivity contribution is 7.80. The van der Waals surface area contributed by atoms with Crippen molar-refractivity contribution in [3.63, 3.8) is 0 Å². The lowest BCUT2D eigenvalue weighted by Gasteiger charge is -2.17. The molecule has 1 saturated carbocycles. The van der Waals surface area contributed by atoms with Gasteiger partial charge in [-0.2, -0.15) is 17.6 Å². The fraction of sp³-hybridized carbons (Fsp3) is 0.318. The maximum atomic E-state index is 12.8. The molecule has 0 spiro atoms. The van der Waals surface area contributed by atoms with Crippen molar-refractivity contribution in [2.75, 3.05) is 5.32 Å². The zero-order chi connectivity index (χ0) is 21.4. The number of thiol groups is 1. The van der Waals surface area contributed by atoms with Crippen LogP contribution in [-0.4, -0.2) is 29.9 Å². The van der Waals surface area contributed by atoms with Gasteiger partial charge in [0.05, 0.1) is 17.1 Å². The molecule has 1 aliphatic rings. The summed E-state index contributed by atoms with van der Waals surface area (Å²) in [5.74, 6) is 0.470. The van der Waals surface area contributed by atoms with E-state index in [-0.39, 0.29) is 16.9 Å². The van der Waals surface area contributed by atoms with Crippen molar-refractivity contribution in [3.05, 3.63) is 69.9 Å². The summed E-state index contributed by atoms with van der Waals surface area (Å²) in [6.45, 7) is 1.93. The number of aromatic nitrogens is 6. The van der Waals surface area contributed by atoms with Crippen molar-refractivity contribution in [2.45, 2.75) is 43.9 Å². The van der Waals surface area contributed by atoms with E-state index in [9.17, 15) is 4.79 Å². The second-order valence-corrected chi connectivity index (χ2v) is 8.48. The minimum absolute atomic E-state index is 0.0130. The van der Waals surface area contributed by atoms with Crippen LogP contribution in [0.25, 0.3) is 11.0 Å². The van der Waals surface area contributed by atoms with Gasteiger partial charge in [-0.1, -0.05) is 30.2 Å². The third-order valence-corrected chi connectivity index (χ3v) is 6.48. The molecule has 4 aromatic rings. The Morgan fingerprint density at radius 2 is 1.97 bits per heavy atom. The molecule has 3 heterocycles. The molecule has 2 N–H and O–H groups in total. The van der Waals surface area contributed by atoms with E-state index in [1.807, 2.05) is 35.8 Å². The molecule has 1 fully saturated rings. The van der Waals surface area contributed by atoms with Gasteiger partial charge in [-0.25, -0.2) is 4.98 Å². The molecule has 0 saturated heterocycles. The first-order chi connectivity index (χ1) is 15.1. The van der Waals surface area contributed by atoms with Gasteiger partial charge in [0.15, 0.2) is 0 Å². The standard InChI is InChI=1S/C22H23N7OS/c1-13-10-19(30)29(16-4-2-3-5-16)21-17(13)11-23-22(26-21)25-15-8-6-14(7-9-15)20(31)18-12-24-28-27-18/h6-12,16,20,31H,2-5H2,1H3,(H,23,25,26)(H,24,27,28). The number of H-pyrrole nitrogens is 1. The van der Waals surface area contributed by atoms with Gasteiger partial charge in [-0.3, -0.25) is 14.5 Å². The summed E-state index contributed by atoms with van der Waals surface area (Å²) in [6, 6.07) is 9.79. The predicted octanol–water partition coefficient (Wildman–Crippen LogP) is 4.10. The lowest BCUT2D eigenvalue weighted by Crippen LogP contribution is -2.24. The van der Waals surface area contributed by atoms with E-state index in [1.54, 1.807) is 18.5 Å². The first kappa shape index (κ1) is 19.7. The van der Waals surface area contributed by atoms with E-state index in [2.05, 4.69) is 38.3 Å². The van der Waals surface area contributed by atoms with Crippen molar-refractivity contribution in [1.29, 1.82) is 0 Å². The molecule has 0 bridgehead atoms. The number of hydrogen-bond donors (Lipinski definition) is 3. The summed E-state index contributed by atoms with van der Waals surface area (Å²) >= 11 is 4.63. The van der Waals surface area contributed by atoms with Crippen LogP contribution in [0.2, 0.25) is 0 Å². The third kappa shape index (κ3) is 3.81. The summed E-state index contributed by atoms with van der Waals surface area (Å²) < 4.78 is 1.86. The number of fused-ring (bicyclic) bond motifs is 1. The summed E-state index contributed by atoms with van der Waals surface area (Å²) in [4.78, 5) is 22.0. The fourth-order valence-electron chi connectivity index (χ4n) is 4.24. The molecule has 1 aromatic carbocycles. The van der Waals surface area contributed by atoms with Gasteiger partial charge in [0.2, 0.25) is 5.95 Å². The zero-order valence-corrected chi connectivity index (χ0v) is 18.0.